The van der Waals surface area contributed by atoms with E-state index in [1.165, 1.54) is 12.8 Å². The van der Waals surface area contributed by atoms with Gasteiger partial charge in [-0.15, -0.1) is 0 Å². The third-order valence-electron chi connectivity index (χ3n) is 1.29. The summed E-state index contributed by atoms with van der Waals surface area (Å²) >= 11 is 7.21. The van der Waals surface area contributed by atoms with Crippen LogP contribution in [0.2, 0.25) is 0 Å². The fourth-order valence-corrected chi connectivity index (χ4v) is 1.28. The van der Waals surface area contributed by atoms with Crippen LogP contribution in [0.25, 0.3) is 0 Å². The Labute approximate surface area is 74.7 Å². The van der Waals surface area contributed by atoms with Gasteiger partial charge < -0.3 is 0 Å². The van der Waals surface area contributed by atoms with Crippen molar-refractivity contribution in [3.63, 3.8) is 0 Å². The number of alkyl halides is 2. The van der Waals surface area contributed by atoms with E-state index in [2.05, 4.69) is 52.6 Å². The predicted octanol–water partition coefficient (Wildman–Crippen LogP) is 3.72. The van der Waals surface area contributed by atoms with Gasteiger partial charge in [0.05, 0.1) is 0 Å². The van der Waals surface area contributed by atoms with E-state index in [1.807, 2.05) is 0 Å². The van der Waals surface area contributed by atoms with Crippen LogP contribution in [0.5, 0.6) is 0 Å². The van der Waals surface area contributed by atoms with Gasteiger partial charge in [0.2, 0.25) is 0 Å². The first-order chi connectivity index (χ1) is 3.98. The second-order valence-electron chi connectivity index (χ2n) is 2.82. The predicted molar refractivity (Wildman–Crippen MR) is 50.6 cm³/mol. The molecule has 0 N–H and O–H groups in total. The van der Waals surface area contributed by atoms with Gasteiger partial charge in [-0.1, -0.05) is 45.2 Å². The molecule has 1 atom stereocenters. The van der Waals surface area contributed by atoms with Crippen molar-refractivity contribution in [3.8, 4) is 0 Å². The zero-order valence-electron chi connectivity index (χ0n) is 6.25. The van der Waals surface area contributed by atoms with Gasteiger partial charge in [0.1, 0.15) is 0 Å². The molecule has 0 aromatic rings. The fraction of sp³-hybridized carbons (Fsp3) is 1.00. The first-order valence-electron chi connectivity index (χ1n) is 3.31. The molecule has 0 aromatic carbocycles. The summed E-state index contributed by atoms with van der Waals surface area (Å²) in [5, 5.41) is 0. The lowest BCUT2D eigenvalue weighted by atomic mass is 10.1. The van der Waals surface area contributed by atoms with Crippen molar-refractivity contribution >= 4 is 31.9 Å². The molecule has 0 rings (SSSR count). The van der Waals surface area contributed by atoms with E-state index in [1.54, 1.807) is 0 Å². The van der Waals surface area contributed by atoms with Crippen LogP contribution in [-0.4, -0.2) is 9.15 Å². The lowest BCUT2D eigenvalue weighted by Crippen LogP contribution is -2.23. The Hall–Kier alpha value is 0.960. The third-order valence-corrected chi connectivity index (χ3v) is 4.06. The topological polar surface area (TPSA) is 0 Å². The van der Waals surface area contributed by atoms with E-state index >= 15 is 0 Å². The summed E-state index contributed by atoms with van der Waals surface area (Å²) in [4.78, 5) is 0.593. The molecule has 0 bridgehead atoms. The molecule has 9 heavy (non-hydrogen) atoms. The standard InChI is InChI=1S/C7H14Br2/c1-4-5-6(8)7(2,3)9/h6H,4-5H2,1-3H3. The van der Waals surface area contributed by atoms with Crippen LogP contribution in [-0.2, 0) is 0 Å². The highest BCUT2D eigenvalue weighted by molar-refractivity contribution is 9.12. The maximum atomic E-state index is 3.61. The van der Waals surface area contributed by atoms with E-state index in [-0.39, 0.29) is 4.32 Å². The van der Waals surface area contributed by atoms with Gasteiger partial charge in [-0.25, -0.2) is 0 Å². The van der Waals surface area contributed by atoms with Gasteiger partial charge in [0, 0.05) is 9.15 Å². The maximum Gasteiger partial charge on any atom is 0.0326 e. The van der Waals surface area contributed by atoms with Gasteiger partial charge in [0.15, 0.2) is 0 Å². The van der Waals surface area contributed by atoms with Gasteiger partial charge in [-0.3, -0.25) is 0 Å². The first-order valence-corrected chi connectivity index (χ1v) is 5.02. The average Bonchev–Trinajstić information content (AvgIpc) is 1.64. The molecular weight excluding hydrogens is 244 g/mol. The van der Waals surface area contributed by atoms with Gasteiger partial charge in [0.25, 0.3) is 0 Å². The Morgan fingerprint density at radius 3 is 2.00 bits per heavy atom. The second kappa shape index (κ2) is 3.97. The Bertz CT molecular complexity index is 73.5. The maximum absolute atomic E-state index is 3.61. The van der Waals surface area contributed by atoms with Crippen molar-refractivity contribution in [2.45, 2.75) is 42.8 Å². The molecule has 0 saturated heterocycles. The average molecular weight is 258 g/mol. The summed E-state index contributed by atoms with van der Waals surface area (Å²) in [6, 6.07) is 0. The van der Waals surface area contributed by atoms with Crippen LogP contribution in [0.3, 0.4) is 0 Å². The summed E-state index contributed by atoms with van der Waals surface area (Å²) in [6.45, 7) is 6.57. The quantitative estimate of drug-likeness (QED) is 0.676. The minimum atomic E-state index is 0.239. The highest BCUT2D eigenvalue weighted by atomic mass is 79.9. The molecule has 0 aromatic heterocycles. The molecule has 0 amide bonds. The molecule has 56 valence electrons. The van der Waals surface area contributed by atoms with Crippen LogP contribution < -0.4 is 0 Å². The van der Waals surface area contributed by atoms with E-state index in [9.17, 15) is 0 Å². The van der Waals surface area contributed by atoms with E-state index in [0.717, 1.165) is 0 Å². The molecule has 0 aliphatic rings. The molecule has 1 unspecified atom stereocenters. The molecule has 0 aliphatic carbocycles. The van der Waals surface area contributed by atoms with Crippen LogP contribution in [0.4, 0.5) is 0 Å². The van der Waals surface area contributed by atoms with Crippen molar-refractivity contribution in [1.29, 1.82) is 0 Å². The minimum absolute atomic E-state index is 0.239. The van der Waals surface area contributed by atoms with E-state index in [4.69, 9.17) is 0 Å². The Balaban J connectivity index is 3.59. The van der Waals surface area contributed by atoms with Crippen LogP contribution >= 0.6 is 31.9 Å². The molecule has 0 saturated carbocycles. The second-order valence-corrected chi connectivity index (χ2v) is 5.97. The Morgan fingerprint density at radius 2 is 1.89 bits per heavy atom. The Morgan fingerprint density at radius 1 is 1.44 bits per heavy atom. The molecular formula is C7H14Br2. The fourth-order valence-electron chi connectivity index (χ4n) is 0.597. The number of hydrogen-bond acceptors (Lipinski definition) is 0. The number of rotatable bonds is 3. The minimum Gasteiger partial charge on any atom is -0.0876 e. The van der Waals surface area contributed by atoms with Crippen molar-refractivity contribution < 1.29 is 0 Å². The third kappa shape index (κ3) is 4.38. The highest BCUT2D eigenvalue weighted by Gasteiger charge is 2.22. The van der Waals surface area contributed by atoms with Crippen molar-refractivity contribution in [2.75, 3.05) is 0 Å². The largest absolute Gasteiger partial charge is 0.0876 e. The van der Waals surface area contributed by atoms with Gasteiger partial charge >= 0.3 is 0 Å². The summed E-state index contributed by atoms with van der Waals surface area (Å²) in [7, 11) is 0. The molecule has 0 spiro atoms. The SMILES string of the molecule is CCCC(Br)C(C)(C)Br. The molecule has 2 heteroatoms. The van der Waals surface area contributed by atoms with Crippen molar-refractivity contribution in [3.05, 3.63) is 0 Å². The highest BCUT2D eigenvalue weighted by Crippen LogP contribution is 2.29. The monoisotopic (exact) mass is 256 g/mol. The normalized spacial score (nSPS) is 15.7. The lowest BCUT2D eigenvalue weighted by Gasteiger charge is -2.22. The molecule has 0 fully saturated rings. The molecule has 0 radical (unpaired) electrons. The summed E-state index contributed by atoms with van der Waals surface area (Å²) in [5.41, 5.74) is 0. The molecule has 0 heterocycles. The van der Waals surface area contributed by atoms with E-state index in [0.29, 0.717) is 4.83 Å². The lowest BCUT2D eigenvalue weighted by molar-refractivity contribution is 0.630. The van der Waals surface area contributed by atoms with Crippen LogP contribution in [0.15, 0.2) is 0 Å². The Kier molecular flexibility index (Phi) is 4.39. The summed E-state index contributed by atoms with van der Waals surface area (Å²) < 4.78 is 0.239. The number of hydrogen-bond donors (Lipinski definition) is 0. The smallest absolute Gasteiger partial charge is 0.0326 e. The van der Waals surface area contributed by atoms with Crippen LogP contribution in [0.1, 0.15) is 33.6 Å². The molecule has 0 nitrogen and oxygen atoms in total. The van der Waals surface area contributed by atoms with Gasteiger partial charge in [-0.05, 0) is 20.3 Å². The first kappa shape index (κ1) is 9.96. The van der Waals surface area contributed by atoms with Gasteiger partial charge in [-0.2, -0.15) is 0 Å². The van der Waals surface area contributed by atoms with Crippen molar-refractivity contribution in [1.82, 2.24) is 0 Å². The molecule has 0 aliphatic heterocycles. The number of halogens is 2. The van der Waals surface area contributed by atoms with Crippen LogP contribution in [0, 0.1) is 0 Å². The zero-order chi connectivity index (χ0) is 7.49. The van der Waals surface area contributed by atoms with E-state index < -0.39 is 0 Å². The summed E-state index contributed by atoms with van der Waals surface area (Å²) in [5.74, 6) is 0. The van der Waals surface area contributed by atoms with Crippen molar-refractivity contribution in [2.24, 2.45) is 0 Å². The summed E-state index contributed by atoms with van der Waals surface area (Å²) in [6.07, 6.45) is 2.48. The zero-order valence-corrected chi connectivity index (χ0v) is 9.42.